The molecule has 3 heteroatoms. The van der Waals surface area contributed by atoms with Crippen LogP contribution in [-0.2, 0) is 21.7 Å². The second kappa shape index (κ2) is 9.97. The Bertz CT molecular complexity index is 380. The van der Waals surface area contributed by atoms with E-state index in [0.717, 1.165) is 0 Å². The molecule has 2 rings (SSSR count). The average molecular weight is 434 g/mol. The first-order chi connectivity index (χ1) is 11.5. The zero-order valence-corrected chi connectivity index (χ0v) is 23.8. The second-order valence-electron chi connectivity index (χ2n) is 9.88. The smallest absolute Gasteiger partial charge is 0.342 e. The quantitative estimate of drug-likeness (QED) is 0.314. The topological polar surface area (TPSA) is 0 Å². The van der Waals surface area contributed by atoms with Gasteiger partial charge in [0.25, 0.3) is 0 Å². The predicted molar refractivity (Wildman–Crippen MR) is 124 cm³/mol. The van der Waals surface area contributed by atoms with Crippen molar-refractivity contribution in [2.24, 2.45) is 0 Å². The summed E-state index contributed by atoms with van der Waals surface area (Å²) in [6, 6.07) is 0. The Kier molecular flexibility index (Phi) is 10.4. The molecule has 2 aliphatic rings. The molecule has 0 aromatic carbocycles. The zero-order chi connectivity index (χ0) is 20.8. The summed E-state index contributed by atoms with van der Waals surface area (Å²) in [6.07, 6.45) is 0. The molecule has 0 bridgehead atoms. The Morgan fingerprint density at radius 3 is 0.778 bits per heavy atom. The molecule has 0 atom stereocenters. The molecule has 27 heavy (non-hydrogen) atoms. The third-order valence-electron chi connectivity index (χ3n) is 6.30. The van der Waals surface area contributed by atoms with Crippen molar-refractivity contribution in [1.82, 2.24) is 0 Å². The fraction of sp³-hybridized carbons (Fsp3) is 0.542. The van der Waals surface area contributed by atoms with Crippen LogP contribution in [0.4, 0.5) is 0 Å². The van der Waals surface area contributed by atoms with E-state index in [-0.39, 0.29) is 21.7 Å². The monoisotopic (exact) mass is 433 g/mol. The van der Waals surface area contributed by atoms with Crippen LogP contribution in [0.15, 0.2) is 0 Å². The van der Waals surface area contributed by atoms with Crippen LogP contribution in [0.3, 0.4) is 0 Å². The Balaban J connectivity index is 0.000000483. The average Bonchev–Trinajstić information content (AvgIpc) is 2.79. The van der Waals surface area contributed by atoms with Crippen LogP contribution in [0.5, 0.6) is 0 Å². The number of rotatable bonds is 2. The van der Waals surface area contributed by atoms with Crippen LogP contribution < -0.4 is 0 Å². The molecule has 0 spiro atoms. The van der Waals surface area contributed by atoms with E-state index in [9.17, 15) is 0 Å². The van der Waals surface area contributed by atoms with Crippen molar-refractivity contribution in [2.75, 3.05) is 0 Å². The maximum Gasteiger partial charge on any atom is 3.00 e. The van der Waals surface area contributed by atoms with Crippen molar-refractivity contribution < 1.29 is 21.7 Å². The van der Waals surface area contributed by atoms with Gasteiger partial charge in [0.05, 0.1) is 8.07 Å². The van der Waals surface area contributed by atoms with Crippen molar-refractivity contribution in [2.45, 2.75) is 88.1 Å². The molecular weight excluding hydrogens is 392 g/mol. The van der Waals surface area contributed by atoms with Gasteiger partial charge in [-0.25, -0.2) is 0 Å². The summed E-state index contributed by atoms with van der Waals surface area (Å²) in [7, 11) is -2.52. The van der Waals surface area contributed by atoms with Crippen LogP contribution in [0.2, 0.25) is 32.7 Å². The Morgan fingerprint density at radius 2 is 0.667 bits per heavy atom. The zero-order valence-electron chi connectivity index (χ0n) is 20.2. The summed E-state index contributed by atoms with van der Waals surface area (Å²) in [6.45, 7) is 34.3. The minimum Gasteiger partial charge on any atom is -0.342 e. The van der Waals surface area contributed by atoms with E-state index in [1.807, 2.05) is 0 Å². The summed E-state index contributed by atoms with van der Waals surface area (Å²) in [5.74, 6) is 12.0. The van der Waals surface area contributed by atoms with Crippen molar-refractivity contribution in [1.29, 1.82) is 0 Å². The fourth-order valence-electron chi connectivity index (χ4n) is 4.58. The molecule has 0 heterocycles. The Morgan fingerprint density at radius 1 is 0.444 bits per heavy atom. The standard InChI is InChI=1S/C12H21Si.C12H20Si.Ti/c2*1-8-9(2)11(4)12(10(8)3)13(5,6)7;/h1-7H3;5H2,1-4,6-7H3;/q;-1;+3. The molecule has 0 aromatic heterocycles. The van der Waals surface area contributed by atoms with Gasteiger partial charge < -0.3 is 6.55 Å². The van der Waals surface area contributed by atoms with E-state index < -0.39 is 16.1 Å². The van der Waals surface area contributed by atoms with Crippen molar-refractivity contribution in [3.63, 3.8) is 0 Å². The van der Waals surface area contributed by atoms with Crippen LogP contribution in [0.25, 0.3) is 0 Å². The van der Waals surface area contributed by atoms with E-state index in [0.29, 0.717) is 0 Å². The minimum absolute atomic E-state index is 0. The maximum atomic E-state index is 4.36. The molecular formula is C24H41Si2Ti+2. The molecule has 2 saturated carbocycles. The molecule has 2 aliphatic carbocycles. The van der Waals surface area contributed by atoms with Gasteiger partial charge in [0.15, 0.2) is 0 Å². The van der Waals surface area contributed by atoms with Gasteiger partial charge in [0.2, 0.25) is 0 Å². The van der Waals surface area contributed by atoms with Gasteiger partial charge in [-0.3, -0.25) is 0 Å². The van der Waals surface area contributed by atoms with Crippen LogP contribution in [-0.4, -0.2) is 16.1 Å². The fourth-order valence-corrected chi connectivity index (χ4v) is 9.61. The Labute approximate surface area is 190 Å². The molecule has 0 unspecified atom stereocenters. The predicted octanol–water partition coefficient (Wildman–Crippen LogP) is 7.40. The van der Waals surface area contributed by atoms with E-state index in [4.69, 9.17) is 0 Å². The molecule has 147 valence electrons. The summed E-state index contributed by atoms with van der Waals surface area (Å²) in [5, 5.41) is 0. The first kappa shape index (κ1) is 28.1. The van der Waals surface area contributed by atoms with Crippen LogP contribution >= 0.6 is 0 Å². The summed E-state index contributed by atoms with van der Waals surface area (Å²) >= 11 is 0. The van der Waals surface area contributed by atoms with E-state index in [1.54, 1.807) is 22.9 Å². The molecule has 0 saturated heterocycles. The van der Waals surface area contributed by atoms with E-state index >= 15 is 0 Å². The number of hydrogen-bond donors (Lipinski definition) is 0. The number of hydrogen-bond acceptors (Lipinski definition) is 0. The summed E-state index contributed by atoms with van der Waals surface area (Å²) in [4.78, 5) is 0. The minimum atomic E-state index is -1.38. The van der Waals surface area contributed by atoms with Crippen molar-refractivity contribution in [3.8, 4) is 0 Å². The molecule has 0 aliphatic heterocycles. The van der Waals surface area contributed by atoms with E-state index in [1.165, 1.54) is 35.5 Å². The molecule has 11 radical (unpaired) electrons. The molecule has 0 aromatic rings. The van der Waals surface area contributed by atoms with Crippen molar-refractivity contribution >= 4 is 16.1 Å². The summed E-state index contributed by atoms with van der Waals surface area (Å²) in [5.41, 5.74) is 3.25. The Hall–Kier alpha value is 1.15. The largest absolute Gasteiger partial charge is 3.00 e. The SMILES string of the molecule is C[C]1[C](C)[C](C)[C]([Si](C)(C)C)[C]1C.[CH2-][Si](C)(C)[C]1[C](C)[C](C)[C](C)[C]1C.[Ti+3]. The first-order valence-corrected chi connectivity index (χ1v) is 16.6. The van der Waals surface area contributed by atoms with Crippen LogP contribution in [0, 0.1) is 65.0 Å². The van der Waals surface area contributed by atoms with Crippen molar-refractivity contribution in [3.05, 3.63) is 65.0 Å². The molecule has 0 nitrogen and oxygen atoms in total. The van der Waals surface area contributed by atoms with Gasteiger partial charge in [-0.05, 0) is 58.4 Å². The van der Waals surface area contributed by atoms with Gasteiger partial charge >= 0.3 is 21.7 Å². The molecule has 2 fully saturated rings. The van der Waals surface area contributed by atoms with Gasteiger partial charge in [0, 0.05) is 0 Å². The van der Waals surface area contributed by atoms with Gasteiger partial charge in [-0.2, -0.15) is 0 Å². The van der Waals surface area contributed by atoms with E-state index in [2.05, 4.69) is 94.7 Å². The second-order valence-corrected chi connectivity index (χ2v) is 19.2. The summed E-state index contributed by atoms with van der Waals surface area (Å²) < 4.78 is 0. The van der Waals surface area contributed by atoms with Gasteiger partial charge in [0.1, 0.15) is 0 Å². The molecule has 0 amide bonds. The van der Waals surface area contributed by atoms with Gasteiger partial charge in [-0.1, -0.05) is 96.2 Å². The third kappa shape index (κ3) is 6.08. The first-order valence-electron chi connectivity index (χ1n) is 9.85. The van der Waals surface area contributed by atoms with Crippen LogP contribution in [0.1, 0.15) is 55.4 Å². The molecule has 0 N–H and O–H groups in total. The van der Waals surface area contributed by atoms with Gasteiger partial charge in [-0.15, -0.1) is 0 Å². The maximum absolute atomic E-state index is 4.36. The normalized spacial score (nSPS) is 25.1. The third-order valence-corrected chi connectivity index (χ3v) is 10.7.